The van der Waals surface area contributed by atoms with Crippen molar-refractivity contribution in [2.24, 2.45) is 17.3 Å². The fraction of sp³-hybridized carbons (Fsp3) is 0.565. The third-order valence-corrected chi connectivity index (χ3v) is 6.81. The Morgan fingerprint density at radius 3 is 2.50 bits per heavy atom. The third kappa shape index (κ3) is 4.17. The van der Waals surface area contributed by atoms with Crippen molar-refractivity contribution >= 4 is 16.9 Å². The summed E-state index contributed by atoms with van der Waals surface area (Å²) in [6.07, 6.45) is 0.949. The minimum absolute atomic E-state index is 0.0603. The van der Waals surface area contributed by atoms with Crippen LogP contribution in [0.4, 0.5) is 13.2 Å². The number of fused-ring (bicyclic) bond motifs is 1. The Morgan fingerprint density at radius 1 is 1.23 bits per heavy atom. The predicted molar refractivity (Wildman–Crippen MR) is 106 cm³/mol. The number of ether oxygens (including phenoxy) is 1. The number of aromatic nitrogens is 1. The molecule has 1 unspecified atom stereocenters. The number of hydrogen-bond donors (Lipinski definition) is 1. The van der Waals surface area contributed by atoms with E-state index in [1.807, 2.05) is 6.07 Å². The number of rotatable bonds is 5. The molecule has 1 saturated carbocycles. The lowest BCUT2D eigenvalue weighted by molar-refractivity contribution is -0.154. The first-order valence-corrected chi connectivity index (χ1v) is 10.4. The van der Waals surface area contributed by atoms with E-state index < -0.39 is 23.6 Å². The summed E-state index contributed by atoms with van der Waals surface area (Å²) in [6.45, 7) is 3.28. The van der Waals surface area contributed by atoms with Crippen molar-refractivity contribution in [1.82, 2.24) is 4.98 Å². The molecule has 2 aromatic rings. The molecule has 162 valence electrons. The van der Waals surface area contributed by atoms with Gasteiger partial charge in [-0.05, 0) is 73.8 Å². The second-order valence-electron chi connectivity index (χ2n) is 9.19. The van der Waals surface area contributed by atoms with Crippen LogP contribution in [0.15, 0.2) is 30.5 Å². The molecule has 2 aliphatic rings. The Balaban J connectivity index is 1.52. The summed E-state index contributed by atoms with van der Waals surface area (Å²) >= 11 is 0. The standard InChI is InChI=1S/C23H26F3NO3/c1-22(12-30-13-22)11-19(21(28)29)15-4-2-14(3-5-15)17-8-9-27-20-7-6-16(10-18(17)20)23(24,25)26/h6-10,14-15,19H,2-5,11-13H2,1H3,(H,28,29). The van der Waals surface area contributed by atoms with Crippen LogP contribution in [0.25, 0.3) is 10.9 Å². The van der Waals surface area contributed by atoms with Gasteiger partial charge in [-0.2, -0.15) is 13.2 Å². The Kier molecular flexibility index (Phi) is 5.51. The lowest BCUT2D eigenvalue weighted by Crippen LogP contribution is -2.44. The molecule has 1 aliphatic heterocycles. The van der Waals surface area contributed by atoms with E-state index in [4.69, 9.17) is 4.74 Å². The summed E-state index contributed by atoms with van der Waals surface area (Å²) in [6, 6.07) is 5.50. The van der Waals surface area contributed by atoms with Crippen molar-refractivity contribution in [3.8, 4) is 0 Å². The normalized spacial score (nSPS) is 24.9. The Labute approximate surface area is 173 Å². The topological polar surface area (TPSA) is 59.4 Å². The first-order chi connectivity index (χ1) is 14.2. The summed E-state index contributed by atoms with van der Waals surface area (Å²) in [5, 5.41) is 10.3. The maximum atomic E-state index is 13.2. The molecule has 1 saturated heterocycles. The van der Waals surface area contributed by atoms with Crippen LogP contribution in [-0.4, -0.2) is 29.3 Å². The average molecular weight is 421 g/mol. The average Bonchev–Trinajstić information content (AvgIpc) is 2.69. The molecular formula is C23H26F3NO3. The largest absolute Gasteiger partial charge is 0.481 e. The van der Waals surface area contributed by atoms with Gasteiger partial charge in [-0.1, -0.05) is 6.92 Å². The van der Waals surface area contributed by atoms with Crippen LogP contribution in [0, 0.1) is 17.3 Å². The molecular weight excluding hydrogens is 395 g/mol. The summed E-state index contributed by atoms with van der Waals surface area (Å²) in [5.74, 6) is -0.941. The lowest BCUT2D eigenvalue weighted by atomic mass is 9.68. The maximum Gasteiger partial charge on any atom is 0.416 e. The van der Waals surface area contributed by atoms with Crippen LogP contribution in [0.1, 0.15) is 56.1 Å². The molecule has 0 radical (unpaired) electrons. The number of benzene rings is 1. The third-order valence-electron chi connectivity index (χ3n) is 6.81. The second kappa shape index (κ2) is 7.84. The van der Waals surface area contributed by atoms with Gasteiger partial charge in [0.1, 0.15) is 0 Å². The van der Waals surface area contributed by atoms with Gasteiger partial charge in [-0.15, -0.1) is 0 Å². The minimum Gasteiger partial charge on any atom is -0.481 e. The van der Waals surface area contributed by atoms with E-state index in [9.17, 15) is 23.1 Å². The van der Waals surface area contributed by atoms with E-state index in [1.165, 1.54) is 12.1 Å². The highest BCUT2D eigenvalue weighted by Crippen LogP contribution is 2.45. The number of halogens is 3. The van der Waals surface area contributed by atoms with Gasteiger partial charge < -0.3 is 9.84 Å². The van der Waals surface area contributed by atoms with E-state index >= 15 is 0 Å². The summed E-state index contributed by atoms with van der Waals surface area (Å²) in [5.41, 5.74) is 0.717. The smallest absolute Gasteiger partial charge is 0.416 e. The van der Waals surface area contributed by atoms with Crippen LogP contribution < -0.4 is 0 Å². The molecule has 1 N–H and O–H groups in total. The SMILES string of the molecule is CC1(CC(C(=O)O)C2CCC(c3ccnc4ccc(C(F)(F)F)cc34)CC2)COC1. The van der Waals surface area contributed by atoms with Gasteiger partial charge in [0, 0.05) is 17.0 Å². The summed E-state index contributed by atoms with van der Waals surface area (Å²) in [4.78, 5) is 16.1. The zero-order valence-corrected chi connectivity index (χ0v) is 16.9. The Morgan fingerprint density at radius 2 is 1.93 bits per heavy atom. The fourth-order valence-electron chi connectivity index (χ4n) is 5.09. The van der Waals surface area contributed by atoms with Gasteiger partial charge in [-0.3, -0.25) is 9.78 Å². The number of alkyl halides is 3. The molecule has 1 aromatic heterocycles. The Bertz CT molecular complexity index is 931. The summed E-state index contributed by atoms with van der Waals surface area (Å²) < 4.78 is 44.8. The van der Waals surface area contributed by atoms with Crippen LogP contribution in [0.2, 0.25) is 0 Å². The number of carboxylic acid groups (broad SMARTS) is 1. The van der Waals surface area contributed by atoms with E-state index in [0.29, 0.717) is 30.5 Å². The molecule has 30 heavy (non-hydrogen) atoms. The number of carboxylic acids is 1. The molecule has 1 atom stereocenters. The monoisotopic (exact) mass is 421 g/mol. The molecule has 4 rings (SSSR count). The summed E-state index contributed by atoms with van der Waals surface area (Å²) in [7, 11) is 0. The maximum absolute atomic E-state index is 13.2. The van der Waals surface area contributed by atoms with Gasteiger partial charge in [0.2, 0.25) is 0 Å². The van der Waals surface area contributed by atoms with Crippen molar-refractivity contribution in [2.45, 2.75) is 51.1 Å². The molecule has 0 amide bonds. The molecule has 2 heterocycles. The molecule has 0 bridgehead atoms. The fourth-order valence-corrected chi connectivity index (χ4v) is 5.09. The molecule has 7 heteroatoms. The van der Waals surface area contributed by atoms with Crippen LogP contribution in [-0.2, 0) is 15.7 Å². The second-order valence-corrected chi connectivity index (χ2v) is 9.19. The van der Waals surface area contributed by atoms with E-state index in [1.54, 1.807) is 6.20 Å². The first kappa shape index (κ1) is 21.1. The van der Waals surface area contributed by atoms with E-state index in [0.717, 1.165) is 37.3 Å². The van der Waals surface area contributed by atoms with Crippen molar-refractivity contribution in [2.75, 3.05) is 13.2 Å². The predicted octanol–water partition coefficient (Wildman–Crippen LogP) is 5.65. The highest BCUT2D eigenvalue weighted by atomic mass is 19.4. The van der Waals surface area contributed by atoms with Crippen molar-refractivity contribution < 1.29 is 27.8 Å². The van der Waals surface area contributed by atoms with Crippen molar-refractivity contribution in [1.29, 1.82) is 0 Å². The van der Waals surface area contributed by atoms with Gasteiger partial charge in [-0.25, -0.2) is 0 Å². The van der Waals surface area contributed by atoms with Crippen LogP contribution >= 0.6 is 0 Å². The van der Waals surface area contributed by atoms with Gasteiger partial charge in [0.25, 0.3) is 0 Å². The van der Waals surface area contributed by atoms with Crippen LogP contribution in [0.3, 0.4) is 0 Å². The lowest BCUT2D eigenvalue weighted by Gasteiger charge is -2.42. The van der Waals surface area contributed by atoms with Crippen LogP contribution in [0.5, 0.6) is 0 Å². The van der Waals surface area contributed by atoms with Crippen molar-refractivity contribution in [3.05, 3.63) is 41.6 Å². The molecule has 0 spiro atoms. The Hall–Kier alpha value is -2.15. The van der Waals surface area contributed by atoms with Gasteiger partial charge in [0.15, 0.2) is 0 Å². The number of hydrogen-bond acceptors (Lipinski definition) is 3. The highest BCUT2D eigenvalue weighted by molar-refractivity contribution is 5.83. The quantitative estimate of drug-likeness (QED) is 0.677. The molecule has 4 nitrogen and oxygen atoms in total. The number of pyridine rings is 1. The number of nitrogens with zero attached hydrogens (tertiary/aromatic N) is 1. The zero-order chi connectivity index (χ0) is 21.5. The van der Waals surface area contributed by atoms with Gasteiger partial charge in [0.05, 0.1) is 30.2 Å². The van der Waals surface area contributed by atoms with Crippen molar-refractivity contribution in [3.63, 3.8) is 0 Å². The molecule has 1 aromatic carbocycles. The first-order valence-electron chi connectivity index (χ1n) is 10.4. The zero-order valence-electron chi connectivity index (χ0n) is 16.9. The highest BCUT2D eigenvalue weighted by Gasteiger charge is 2.42. The number of aliphatic carboxylic acids is 1. The van der Waals surface area contributed by atoms with E-state index in [-0.39, 0.29) is 17.3 Å². The van der Waals surface area contributed by atoms with Gasteiger partial charge >= 0.3 is 12.1 Å². The molecule has 1 aliphatic carbocycles. The minimum atomic E-state index is -4.39. The number of carbonyl (C=O) groups is 1. The van der Waals surface area contributed by atoms with E-state index in [2.05, 4.69) is 11.9 Å². The molecule has 2 fully saturated rings.